The maximum absolute atomic E-state index is 11.5. The van der Waals surface area contributed by atoms with Crippen LogP contribution in [0.3, 0.4) is 0 Å². The van der Waals surface area contributed by atoms with Crippen molar-refractivity contribution in [1.82, 2.24) is 0 Å². The Morgan fingerprint density at radius 1 is 1.33 bits per heavy atom. The summed E-state index contributed by atoms with van der Waals surface area (Å²) in [5.74, 6) is -0.261. The minimum atomic E-state index is -1.78. The second-order valence-corrected chi connectivity index (χ2v) is 10.9. The highest BCUT2D eigenvalue weighted by molar-refractivity contribution is 6.74. The third-order valence-corrected chi connectivity index (χ3v) is 7.94. The van der Waals surface area contributed by atoms with Gasteiger partial charge in [-0.15, -0.1) is 0 Å². The zero-order valence-electron chi connectivity index (χ0n) is 13.1. The van der Waals surface area contributed by atoms with E-state index in [0.717, 1.165) is 0 Å². The summed E-state index contributed by atoms with van der Waals surface area (Å²) in [6.45, 7) is 17.0. The van der Waals surface area contributed by atoms with Crippen LogP contribution in [0.15, 0.2) is 11.6 Å². The molecule has 0 radical (unpaired) electrons. The smallest absolute Gasteiger partial charge is 0.333 e. The van der Waals surface area contributed by atoms with Crippen LogP contribution < -0.4 is 0 Å². The van der Waals surface area contributed by atoms with Crippen molar-refractivity contribution in [2.24, 2.45) is 0 Å². The standard InChI is InChI=1S/C14H28O3Si/c1-9-16-13(15)11(2)10-12(3)17-18(7,8)14(4,5)6/h10,12H,9H2,1-8H3/b11-10-. The average Bonchev–Trinajstić information content (AvgIpc) is 2.14. The minimum Gasteiger partial charge on any atom is -0.463 e. The molecule has 0 rings (SSSR count). The molecule has 0 aliphatic heterocycles. The fraction of sp³-hybridized carbons (Fsp3) is 0.786. The molecule has 1 atom stereocenters. The lowest BCUT2D eigenvalue weighted by Gasteiger charge is -2.37. The molecule has 1 unspecified atom stereocenters. The largest absolute Gasteiger partial charge is 0.463 e. The number of carbonyl (C=O) groups is 1. The number of ether oxygens (including phenoxy) is 1. The van der Waals surface area contributed by atoms with Gasteiger partial charge in [0.15, 0.2) is 8.32 Å². The Labute approximate surface area is 113 Å². The van der Waals surface area contributed by atoms with Crippen LogP contribution in [0.4, 0.5) is 0 Å². The van der Waals surface area contributed by atoms with Gasteiger partial charge in [0.2, 0.25) is 0 Å². The summed E-state index contributed by atoms with van der Waals surface area (Å²) < 4.78 is 11.1. The zero-order chi connectivity index (χ0) is 14.6. The van der Waals surface area contributed by atoms with Gasteiger partial charge >= 0.3 is 5.97 Å². The van der Waals surface area contributed by atoms with E-state index in [2.05, 4.69) is 33.9 Å². The van der Waals surface area contributed by atoms with Crippen LogP contribution in [0, 0.1) is 0 Å². The molecule has 0 spiro atoms. The van der Waals surface area contributed by atoms with Crippen molar-refractivity contribution in [2.45, 2.75) is 65.8 Å². The second kappa shape index (κ2) is 6.52. The first-order valence-corrected chi connectivity index (χ1v) is 9.45. The third-order valence-electron chi connectivity index (χ3n) is 3.37. The maximum atomic E-state index is 11.5. The van der Waals surface area contributed by atoms with E-state index < -0.39 is 8.32 Å². The van der Waals surface area contributed by atoms with Crippen molar-refractivity contribution in [3.05, 3.63) is 11.6 Å². The topological polar surface area (TPSA) is 35.5 Å². The van der Waals surface area contributed by atoms with Crippen molar-refractivity contribution < 1.29 is 14.0 Å². The Morgan fingerprint density at radius 2 is 1.83 bits per heavy atom. The van der Waals surface area contributed by atoms with Crippen molar-refractivity contribution in [3.63, 3.8) is 0 Å². The molecule has 0 aliphatic carbocycles. The molecule has 0 fully saturated rings. The lowest BCUT2D eigenvalue weighted by molar-refractivity contribution is -0.138. The van der Waals surface area contributed by atoms with Crippen LogP contribution in [0.25, 0.3) is 0 Å². The molecule has 0 aromatic heterocycles. The molecule has 106 valence electrons. The number of carbonyl (C=O) groups excluding carboxylic acids is 1. The number of esters is 1. The van der Waals surface area contributed by atoms with E-state index in [9.17, 15) is 4.79 Å². The van der Waals surface area contributed by atoms with Crippen molar-refractivity contribution in [3.8, 4) is 0 Å². The summed E-state index contributed by atoms with van der Waals surface area (Å²) in [6.07, 6.45) is 1.79. The van der Waals surface area contributed by atoms with Gasteiger partial charge in [0, 0.05) is 5.57 Å². The van der Waals surface area contributed by atoms with Crippen LogP contribution in [0.2, 0.25) is 18.1 Å². The van der Waals surface area contributed by atoms with E-state index >= 15 is 0 Å². The molecule has 0 saturated heterocycles. The van der Waals surface area contributed by atoms with E-state index in [4.69, 9.17) is 9.16 Å². The lowest BCUT2D eigenvalue weighted by atomic mass is 10.2. The van der Waals surface area contributed by atoms with Gasteiger partial charge in [-0.25, -0.2) is 4.79 Å². The van der Waals surface area contributed by atoms with E-state index in [1.165, 1.54) is 0 Å². The molecule has 0 aromatic rings. The molecule has 3 nitrogen and oxygen atoms in total. The summed E-state index contributed by atoms with van der Waals surface area (Å²) in [4.78, 5) is 11.5. The monoisotopic (exact) mass is 272 g/mol. The Kier molecular flexibility index (Phi) is 6.30. The molecular weight excluding hydrogens is 244 g/mol. The Bertz CT molecular complexity index is 313. The fourth-order valence-electron chi connectivity index (χ4n) is 1.34. The van der Waals surface area contributed by atoms with Crippen LogP contribution >= 0.6 is 0 Å². The van der Waals surface area contributed by atoms with Crippen LogP contribution in [-0.4, -0.2) is 27.0 Å². The third kappa shape index (κ3) is 5.36. The van der Waals surface area contributed by atoms with Gasteiger partial charge in [-0.2, -0.15) is 0 Å². The first-order valence-electron chi connectivity index (χ1n) is 6.54. The van der Waals surface area contributed by atoms with Crippen LogP contribution in [0.1, 0.15) is 41.5 Å². The molecule has 18 heavy (non-hydrogen) atoms. The summed E-state index contributed by atoms with van der Waals surface area (Å²) in [5.41, 5.74) is 0.614. The zero-order valence-corrected chi connectivity index (χ0v) is 14.1. The molecular formula is C14H28O3Si. The molecule has 0 bridgehead atoms. The van der Waals surface area contributed by atoms with Crippen LogP contribution in [-0.2, 0) is 14.0 Å². The molecule has 0 heterocycles. The molecule has 0 saturated carbocycles. The number of hydrogen-bond acceptors (Lipinski definition) is 3. The first kappa shape index (κ1) is 17.4. The highest BCUT2D eigenvalue weighted by Gasteiger charge is 2.38. The van der Waals surface area contributed by atoms with E-state index in [1.807, 2.05) is 13.0 Å². The highest BCUT2D eigenvalue weighted by atomic mass is 28.4. The molecule has 4 heteroatoms. The first-order chi connectivity index (χ1) is 8.01. The van der Waals surface area contributed by atoms with Crippen molar-refractivity contribution in [1.29, 1.82) is 0 Å². The van der Waals surface area contributed by atoms with Gasteiger partial charge in [0.1, 0.15) is 0 Å². The summed E-state index contributed by atoms with van der Waals surface area (Å²) in [5, 5.41) is 0.174. The van der Waals surface area contributed by atoms with Gasteiger partial charge in [-0.05, 0) is 45.0 Å². The molecule has 0 aliphatic rings. The van der Waals surface area contributed by atoms with Gasteiger partial charge in [0.05, 0.1) is 12.7 Å². The van der Waals surface area contributed by atoms with Gasteiger partial charge < -0.3 is 9.16 Å². The Morgan fingerprint density at radius 3 is 2.22 bits per heavy atom. The van der Waals surface area contributed by atoms with Crippen molar-refractivity contribution >= 4 is 14.3 Å². The van der Waals surface area contributed by atoms with E-state index in [0.29, 0.717) is 12.2 Å². The fourth-order valence-corrected chi connectivity index (χ4v) is 2.69. The number of rotatable bonds is 5. The molecule has 0 amide bonds. The maximum Gasteiger partial charge on any atom is 0.333 e. The van der Waals surface area contributed by atoms with Crippen molar-refractivity contribution in [2.75, 3.05) is 6.61 Å². The van der Waals surface area contributed by atoms with Gasteiger partial charge in [-0.3, -0.25) is 0 Å². The van der Waals surface area contributed by atoms with Crippen LogP contribution in [0.5, 0.6) is 0 Å². The SMILES string of the molecule is CCOC(=O)/C(C)=C\C(C)O[Si](C)(C)C(C)(C)C. The average molecular weight is 272 g/mol. The van der Waals surface area contributed by atoms with Gasteiger partial charge in [0.25, 0.3) is 0 Å². The Balaban J connectivity index is 4.65. The van der Waals surface area contributed by atoms with E-state index in [1.54, 1.807) is 13.8 Å². The minimum absolute atomic E-state index is 0.0599. The normalized spacial score (nSPS) is 15.4. The number of hydrogen-bond donors (Lipinski definition) is 0. The summed E-state index contributed by atoms with van der Waals surface area (Å²) in [6, 6.07) is 0. The highest BCUT2D eigenvalue weighted by Crippen LogP contribution is 2.37. The second-order valence-electron chi connectivity index (χ2n) is 6.15. The predicted octanol–water partition coefficient (Wildman–Crippen LogP) is 3.91. The molecule has 0 aromatic carbocycles. The molecule has 0 N–H and O–H groups in total. The lowest BCUT2D eigenvalue weighted by Crippen LogP contribution is -2.43. The predicted molar refractivity (Wildman–Crippen MR) is 78.1 cm³/mol. The van der Waals surface area contributed by atoms with E-state index in [-0.39, 0.29) is 17.1 Å². The summed E-state index contributed by atoms with van der Waals surface area (Å²) >= 11 is 0. The quantitative estimate of drug-likeness (QED) is 0.432. The van der Waals surface area contributed by atoms with Gasteiger partial charge in [-0.1, -0.05) is 20.8 Å². The Hall–Kier alpha value is -0.613. The summed E-state index contributed by atoms with van der Waals surface area (Å²) in [7, 11) is -1.78.